The molecule has 1 aliphatic heterocycles. The summed E-state index contributed by atoms with van der Waals surface area (Å²) in [5, 5.41) is 4.17. The summed E-state index contributed by atoms with van der Waals surface area (Å²) in [7, 11) is -3.15. The Bertz CT molecular complexity index is 789. The van der Waals surface area contributed by atoms with E-state index in [0.29, 0.717) is 0 Å². The van der Waals surface area contributed by atoms with Crippen molar-refractivity contribution in [2.24, 2.45) is 0 Å². The molecule has 1 saturated heterocycles. The van der Waals surface area contributed by atoms with E-state index in [1.54, 1.807) is 11.0 Å². The van der Waals surface area contributed by atoms with E-state index in [4.69, 9.17) is 0 Å². The maximum Gasteiger partial charge on any atom is 0.208 e. The minimum absolute atomic E-state index is 0.00395. The first kappa shape index (κ1) is 17.1. The van der Waals surface area contributed by atoms with Gasteiger partial charge < -0.3 is 0 Å². The molecule has 1 aliphatic rings. The second kappa shape index (κ2) is 7.00. The Balaban J connectivity index is 1.66. The lowest BCUT2D eigenvalue weighted by Gasteiger charge is -2.32. The molecule has 1 N–H and O–H groups in total. The maximum atomic E-state index is 11.4. The fourth-order valence-electron chi connectivity index (χ4n) is 3.26. The molecule has 1 unspecified atom stereocenters. The van der Waals surface area contributed by atoms with Crippen molar-refractivity contribution in [2.45, 2.75) is 32.4 Å². The van der Waals surface area contributed by atoms with E-state index in [2.05, 4.69) is 44.8 Å². The van der Waals surface area contributed by atoms with Crippen LogP contribution in [0.3, 0.4) is 0 Å². The lowest BCUT2D eigenvalue weighted by Crippen LogP contribution is -2.46. The summed E-state index contributed by atoms with van der Waals surface area (Å²) in [4.78, 5) is 6.28. The highest BCUT2D eigenvalue weighted by Crippen LogP contribution is 2.18. The largest absolute Gasteiger partial charge is 0.298 e. The third-order valence-electron chi connectivity index (χ3n) is 4.22. The number of hydrogen-bond donors (Lipinski definition) is 1. The molecule has 3 rings (SSSR count). The van der Waals surface area contributed by atoms with Gasteiger partial charge in [0, 0.05) is 19.1 Å². The van der Waals surface area contributed by atoms with E-state index < -0.39 is 10.0 Å². The molecule has 24 heavy (non-hydrogen) atoms. The van der Waals surface area contributed by atoms with Crippen LogP contribution in [0.2, 0.25) is 0 Å². The number of likely N-dealkylation sites (tertiary alicyclic amines) is 1. The molecule has 7 nitrogen and oxygen atoms in total. The van der Waals surface area contributed by atoms with Crippen molar-refractivity contribution in [1.82, 2.24) is 24.4 Å². The van der Waals surface area contributed by atoms with Gasteiger partial charge in [0.05, 0.1) is 11.9 Å². The van der Waals surface area contributed by atoms with Crippen LogP contribution in [0, 0.1) is 6.92 Å². The molecule has 0 radical (unpaired) electrons. The van der Waals surface area contributed by atoms with Gasteiger partial charge in [0.2, 0.25) is 10.0 Å². The van der Waals surface area contributed by atoms with Gasteiger partial charge in [-0.3, -0.25) is 4.90 Å². The van der Waals surface area contributed by atoms with E-state index >= 15 is 0 Å². The molecule has 1 aromatic carbocycles. The summed E-state index contributed by atoms with van der Waals surface area (Å²) < 4.78 is 27.3. The lowest BCUT2D eigenvalue weighted by molar-refractivity contribution is 0.194. The Morgan fingerprint density at radius 1 is 1.38 bits per heavy atom. The van der Waals surface area contributed by atoms with Crippen molar-refractivity contribution in [2.75, 3.05) is 19.3 Å². The predicted molar refractivity (Wildman–Crippen MR) is 92.4 cm³/mol. The molecule has 0 aliphatic carbocycles. The highest BCUT2D eigenvalue weighted by atomic mass is 32.2. The normalized spacial score (nSPS) is 19.5. The molecule has 8 heteroatoms. The van der Waals surface area contributed by atoms with Gasteiger partial charge >= 0.3 is 0 Å². The van der Waals surface area contributed by atoms with Gasteiger partial charge in [0.15, 0.2) is 0 Å². The second-order valence-electron chi connectivity index (χ2n) is 6.43. The minimum atomic E-state index is -3.15. The number of aromatic nitrogens is 3. The van der Waals surface area contributed by atoms with E-state index in [9.17, 15) is 8.42 Å². The summed E-state index contributed by atoms with van der Waals surface area (Å²) in [5.74, 6) is 0. The van der Waals surface area contributed by atoms with Gasteiger partial charge in [-0.15, -0.1) is 0 Å². The fraction of sp³-hybridized carbons (Fsp3) is 0.500. The summed E-state index contributed by atoms with van der Waals surface area (Å²) in [6, 6.07) is 6.31. The van der Waals surface area contributed by atoms with Crippen LogP contribution >= 0.6 is 0 Å². The van der Waals surface area contributed by atoms with Crippen LogP contribution in [0.5, 0.6) is 0 Å². The summed E-state index contributed by atoms with van der Waals surface area (Å²) in [6.45, 7) is 4.62. The Hall–Kier alpha value is -1.77. The van der Waals surface area contributed by atoms with Crippen molar-refractivity contribution in [3.63, 3.8) is 0 Å². The summed E-state index contributed by atoms with van der Waals surface area (Å²) in [6.07, 6.45) is 6.33. The maximum absolute atomic E-state index is 11.4. The van der Waals surface area contributed by atoms with Crippen LogP contribution in [0.1, 0.15) is 24.0 Å². The third-order valence-corrected chi connectivity index (χ3v) is 4.98. The number of aryl methyl sites for hydroxylation is 1. The zero-order chi connectivity index (χ0) is 17.2. The number of sulfonamides is 1. The molecule has 1 fully saturated rings. The van der Waals surface area contributed by atoms with Crippen LogP contribution < -0.4 is 4.72 Å². The zero-order valence-corrected chi connectivity index (χ0v) is 14.8. The zero-order valence-electron chi connectivity index (χ0n) is 14.0. The van der Waals surface area contributed by atoms with E-state index in [-0.39, 0.29) is 6.04 Å². The first-order valence-corrected chi connectivity index (χ1v) is 9.94. The quantitative estimate of drug-likeness (QED) is 0.874. The molecular weight excluding hydrogens is 326 g/mol. The summed E-state index contributed by atoms with van der Waals surface area (Å²) in [5.41, 5.74) is 3.38. The van der Waals surface area contributed by atoms with Crippen molar-refractivity contribution in [1.29, 1.82) is 0 Å². The SMILES string of the molecule is Cc1cc(CN2CCCC(NS(C)(=O)=O)C2)ccc1-n1cncn1. The Morgan fingerprint density at radius 2 is 2.21 bits per heavy atom. The molecule has 2 heterocycles. The van der Waals surface area contributed by atoms with E-state index in [0.717, 1.165) is 43.7 Å². The molecule has 1 aromatic heterocycles. The highest BCUT2D eigenvalue weighted by molar-refractivity contribution is 7.88. The molecule has 130 valence electrons. The number of nitrogens with one attached hydrogen (secondary N) is 1. The van der Waals surface area contributed by atoms with Crippen molar-refractivity contribution in [3.8, 4) is 5.69 Å². The summed E-state index contributed by atoms with van der Waals surface area (Å²) >= 11 is 0. The average Bonchev–Trinajstić information content (AvgIpc) is 3.00. The lowest BCUT2D eigenvalue weighted by atomic mass is 10.0. The Kier molecular flexibility index (Phi) is 4.98. The topological polar surface area (TPSA) is 80.1 Å². The number of piperidine rings is 1. The predicted octanol–water partition coefficient (Wildman–Crippen LogP) is 1.09. The third kappa shape index (κ3) is 4.40. The van der Waals surface area contributed by atoms with Gasteiger partial charge in [0.1, 0.15) is 12.7 Å². The number of rotatable bonds is 5. The van der Waals surface area contributed by atoms with Gasteiger partial charge in [-0.05, 0) is 43.5 Å². The first-order chi connectivity index (χ1) is 11.4. The molecule has 0 amide bonds. The fourth-order valence-corrected chi connectivity index (χ4v) is 4.06. The van der Waals surface area contributed by atoms with Gasteiger partial charge in [-0.25, -0.2) is 22.8 Å². The highest BCUT2D eigenvalue weighted by Gasteiger charge is 2.22. The molecule has 0 spiro atoms. The van der Waals surface area contributed by atoms with Crippen LogP contribution in [0.4, 0.5) is 0 Å². The van der Waals surface area contributed by atoms with Crippen molar-refractivity contribution in [3.05, 3.63) is 42.0 Å². The minimum Gasteiger partial charge on any atom is -0.298 e. The second-order valence-corrected chi connectivity index (χ2v) is 8.21. The Morgan fingerprint density at radius 3 is 2.88 bits per heavy atom. The molecule has 2 aromatic rings. The van der Waals surface area contributed by atoms with Crippen LogP contribution in [-0.4, -0.2) is 53.5 Å². The molecule has 1 atom stereocenters. The van der Waals surface area contributed by atoms with Crippen LogP contribution in [0.25, 0.3) is 5.69 Å². The molecule has 0 saturated carbocycles. The van der Waals surface area contributed by atoms with Gasteiger partial charge in [0.25, 0.3) is 0 Å². The van der Waals surface area contributed by atoms with Crippen LogP contribution in [-0.2, 0) is 16.6 Å². The van der Waals surface area contributed by atoms with E-state index in [1.165, 1.54) is 18.1 Å². The average molecular weight is 349 g/mol. The van der Waals surface area contributed by atoms with Gasteiger partial charge in [-0.1, -0.05) is 12.1 Å². The Labute approximate surface area is 142 Å². The van der Waals surface area contributed by atoms with Crippen LogP contribution in [0.15, 0.2) is 30.9 Å². The number of hydrogen-bond acceptors (Lipinski definition) is 5. The number of nitrogens with zero attached hydrogens (tertiary/aromatic N) is 4. The number of benzene rings is 1. The van der Waals surface area contributed by atoms with E-state index in [1.807, 2.05) is 0 Å². The monoisotopic (exact) mass is 349 g/mol. The van der Waals surface area contributed by atoms with Gasteiger partial charge in [-0.2, -0.15) is 5.10 Å². The smallest absolute Gasteiger partial charge is 0.208 e. The first-order valence-electron chi connectivity index (χ1n) is 8.05. The van der Waals surface area contributed by atoms with Crippen molar-refractivity contribution < 1.29 is 8.42 Å². The molecule has 0 bridgehead atoms. The standard InChI is InChI=1S/C16H23N5O2S/c1-13-8-14(5-6-16(13)21-12-17-11-18-21)9-20-7-3-4-15(10-20)19-24(2,22)23/h5-6,8,11-12,15,19H,3-4,7,9-10H2,1-2H3. The molecular formula is C16H23N5O2S. The van der Waals surface area contributed by atoms with Crippen molar-refractivity contribution >= 4 is 10.0 Å².